The van der Waals surface area contributed by atoms with Gasteiger partial charge in [0.15, 0.2) is 6.10 Å². The lowest BCUT2D eigenvalue weighted by Gasteiger charge is -2.13. The number of benzene rings is 2. The minimum Gasteiger partial charge on any atom is -0.481 e. The number of ether oxygens (including phenoxy) is 2. The Morgan fingerprint density at radius 2 is 1.89 bits per heavy atom. The van der Waals surface area contributed by atoms with Crippen molar-refractivity contribution in [2.45, 2.75) is 20.0 Å². The molecule has 0 saturated carbocycles. The highest BCUT2D eigenvalue weighted by Gasteiger charge is 2.13. The second-order valence-electron chi connectivity index (χ2n) is 5.68. The molecule has 1 unspecified atom stereocenters. The molecule has 138 valence electrons. The summed E-state index contributed by atoms with van der Waals surface area (Å²) in [6, 6.07) is 12.2. The van der Waals surface area contributed by atoms with Gasteiger partial charge in [0.2, 0.25) is 5.88 Å². The predicted octanol–water partition coefficient (Wildman–Crippen LogP) is 4.49. The normalized spacial score (nSPS) is 12.1. The number of hydrogen-bond donors (Lipinski definition) is 1. The lowest BCUT2D eigenvalue weighted by molar-refractivity contribution is -0.126. The second-order valence-corrected chi connectivity index (χ2v) is 6.12. The van der Waals surface area contributed by atoms with E-state index < -0.39 is 6.10 Å². The van der Waals surface area contributed by atoms with E-state index in [1.165, 1.54) is 6.20 Å². The maximum absolute atomic E-state index is 11.8. The zero-order valence-electron chi connectivity index (χ0n) is 14.8. The summed E-state index contributed by atoms with van der Waals surface area (Å²) in [6.07, 6.45) is 4.22. The molecule has 1 N–H and O–H groups in total. The summed E-state index contributed by atoms with van der Waals surface area (Å²) >= 11 is 5.94. The van der Waals surface area contributed by atoms with Gasteiger partial charge in [0.05, 0.1) is 17.2 Å². The number of hydrogen-bond acceptors (Lipinski definition) is 5. The van der Waals surface area contributed by atoms with E-state index >= 15 is 0 Å². The van der Waals surface area contributed by atoms with Crippen LogP contribution in [0.4, 0.5) is 0 Å². The standard InChI is InChI=1S/C20H18ClN3O3/c1-3-10-22-20(25)13(2)26-15-5-7-16(8-6-15)27-19-12-23-18-11-14(21)4-9-17(18)24-19/h3-13H,1-2H3,(H,22,25). The van der Waals surface area contributed by atoms with Gasteiger partial charge in [-0.05, 0) is 62.5 Å². The molecular weight excluding hydrogens is 366 g/mol. The molecule has 0 radical (unpaired) electrons. The molecule has 27 heavy (non-hydrogen) atoms. The Kier molecular flexibility index (Phi) is 5.88. The Bertz CT molecular complexity index is 974. The van der Waals surface area contributed by atoms with Crippen molar-refractivity contribution in [3.63, 3.8) is 0 Å². The van der Waals surface area contributed by atoms with Crippen LogP contribution in [0, 0.1) is 0 Å². The van der Waals surface area contributed by atoms with Gasteiger partial charge in [-0.15, -0.1) is 0 Å². The molecule has 7 heteroatoms. The Hall–Kier alpha value is -3.12. The number of aromatic nitrogens is 2. The van der Waals surface area contributed by atoms with E-state index in [-0.39, 0.29) is 5.91 Å². The number of carbonyl (C=O) groups excluding carboxylic acids is 1. The first-order valence-corrected chi connectivity index (χ1v) is 8.71. The highest BCUT2D eigenvalue weighted by atomic mass is 35.5. The van der Waals surface area contributed by atoms with Crippen LogP contribution >= 0.6 is 11.6 Å². The molecule has 0 bridgehead atoms. The highest BCUT2D eigenvalue weighted by molar-refractivity contribution is 6.31. The average molecular weight is 384 g/mol. The number of nitrogens with one attached hydrogen (secondary N) is 1. The van der Waals surface area contributed by atoms with E-state index in [9.17, 15) is 4.79 Å². The molecule has 0 spiro atoms. The minimum atomic E-state index is -0.619. The topological polar surface area (TPSA) is 73.3 Å². The Morgan fingerprint density at radius 3 is 2.63 bits per heavy atom. The number of rotatable bonds is 6. The van der Waals surface area contributed by atoms with Crippen molar-refractivity contribution >= 4 is 28.5 Å². The average Bonchev–Trinajstić information content (AvgIpc) is 2.67. The Labute approximate surface area is 161 Å². The summed E-state index contributed by atoms with van der Waals surface area (Å²) < 4.78 is 11.3. The van der Waals surface area contributed by atoms with Gasteiger partial charge in [0.1, 0.15) is 11.5 Å². The molecule has 0 fully saturated rings. The van der Waals surface area contributed by atoms with Crippen LogP contribution < -0.4 is 14.8 Å². The van der Waals surface area contributed by atoms with Crippen LogP contribution in [0.3, 0.4) is 0 Å². The molecule has 3 aromatic rings. The Balaban J connectivity index is 1.65. The van der Waals surface area contributed by atoms with E-state index in [0.29, 0.717) is 33.4 Å². The summed E-state index contributed by atoms with van der Waals surface area (Å²) in [6.45, 7) is 3.50. The largest absolute Gasteiger partial charge is 0.481 e. The molecule has 0 aliphatic carbocycles. The third-order valence-electron chi connectivity index (χ3n) is 3.60. The Morgan fingerprint density at radius 1 is 1.15 bits per heavy atom. The molecule has 0 aliphatic heterocycles. The van der Waals surface area contributed by atoms with Gasteiger partial charge < -0.3 is 14.8 Å². The summed E-state index contributed by atoms with van der Waals surface area (Å²) in [5.74, 6) is 1.29. The number of carbonyl (C=O) groups is 1. The van der Waals surface area contributed by atoms with Gasteiger partial charge >= 0.3 is 0 Å². The minimum absolute atomic E-state index is 0.222. The lowest BCUT2D eigenvalue weighted by Crippen LogP contribution is -2.33. The van der Waals surface area contributed by atoms with Crippen molar-refractivity contribution in [2.24, 2.45) is 0 Å². The molecule has 2 aromatic carbocycles. The van der Waals surface area contributed by atoms with Gasteiger partial charge in [0.25, 0.3) is 5.91 Å². The molecular formula is C20H18ClN3O3. The number of allylic oxidation sites excluding steroid dienone is 1. The number of fused-ring (bicyclic) bond motifs is 1. The lowest BCUT2D eigenvalue weighted by atomic mass is 10.3. The summed E-state index contributed by atoms with van der Waals surface area (Å²) in [5, 5.41) is 3.23. The fourth-order valence-corrected chi connectivity index (χ4v) is 2.43. The second kappa shape index (κ2) is 8.51. The van der Waals surface area contributed by atoms with Crippen LogP contribution in [0.15, 0.2) is 60.9 Å². The van der Waals surface area contributed by atoms with E-state index in [0.717, 1.165) is 0 Å². The van der Waals surface area contributed by atoms with E-state index in [1.54, 1.807) is 61.7 Å². The maximum atomic E-state index is 11.8. The quantitative estimate of drug-likeness (QED) is 0.678. The first kappa shape index (κ1) is 18.7. The van der Waals surface area contributed by atoms with Crippen molar-refractivity contribution < 1.29 is 14.3 Å². The van der Waals surface area contributed by atoms with Crippen LogP contribution in [0.1, 0.15) is 13.8 Å². The third kappa shape index (κ3) is 4.95. The summed E-state index contributed by atoms with van der Waals surface area (Å²) in [5.41, 5.74) is 1.39. The van der Waals surface area contributed by atoms with E-state index in [1.807, 2.05) is 6.92 Å². The number of halogens is 1. The first-order valence-electron chi connectivity index (χ1n) is 8.33. The molecule has 1 amide bonds. The van der Waals surface area contributed by atoms with Crippen LogP contribution in [-0.2, 0) is 4.79 Å². The summed E-state index contributed by atoms with van der Waals surface area (Å²) in [4.78, 5) is 20.5. The van der Waals surface area contributed by atoms with Crippen molar-refractivity contribution in [3.05, 3.63) is 66.0 Å². The zero-order valence-corrected chi connectivity index (χ0v) is 15.6. The van der Waals surface area contributed by atoms with Gasteiger partial charge in [-0.2, -0.15) is 0 Å². The first-order chi connectivity index (χ1) is 13.0. The predicted molar refractivity (Wildman–Crippen MR) is 104 cm³/mol. The molecule has 1 atom stereocenters. The smallest absolute Gasteiger partial charge is 0.264 e. The van der Waals surface area contributed by atoms with E-state index in [4.69, 9.17) is 21.1 Å². The van der Waals surface area contributed by atoms with Crippen LogP contribution in [-0.4, -0.2) is 22.0 Å². The maximum Gasteiger partial charge on any atom is 0.264 e. The van der Waals surface area contributed by atoms with Gasteiger partial charge in [-0.3, -0.25) is 4.79 Å². The molecule has 0 aliphatic rings. The van der Waals surface area contributed by atoms with Gasteiger partial charge in [-0.1, -0.05) is 17.7 Å². The van der Waals surface area contributed by atoms with Crippen molar-refractivity contribution in [1.82, 2.24) is 15.3 Å². The highest BCUT2D eigenvalue weighted by Crippen LogP contribution is 2.24. The van der Waals surface area contributed by atoms with Crippen LogP contribution in [0.25, 0.3) is 11.0 Å². The summed E-state index contributed by atoms with van der Waals surface area (Å²) in [7, 11) is 0. The molecule has 3 rings (SSSR count). The van der Waals surface area contributed by atoms with Crippen molar-refractivity contribution in [3.8, 4) is 17.4 Å². The third-order valence-corrected chi connectivity index (χ3v) is 3.84. The monoisotopic (exact) mass is 383 g/mol. The van der Waals surface area contributed by atoms with Crippen molar-refractivity contribution in [2.75, 3.05) is 0 Å². The molecule has 1 aromatic heterocycles. The van der Waals surface area contributed by atoms with Crippen LogP contribution in [0.2, 0.25) is 5.02 Å². The zero-order chi connectivity index (χ0) is 19.2. The van der Waals surface area contributed by atoms with Crippen LogP contribution in [0.5, 0.6) is 17.4 Å². The van der Waals surface area contributed by atoms with E-state index in [2.05, 4.69) is 15.3 Å². The van der Waals surface area contributed by atoms with Crippen molar-refractivity contribution in [1.29, 1.82) is 0 Å². The van der Waals surface area contributed by atoms with Gasteiger partial charge in [-0.25, -0.2) is 9.97 Å². The molecule has 0 saturated heterocycles. The molecule has 1 heterocycles. The SMILES string of the molecule is CC=CNC(=O)C(C)Oc1ccc(Oc2cnc3cc(Cl)ccc3n2)cc1. The van der Waals surface area contributed by atoms with Gasteiger partial charge in [0, 0.05) is 5.02 Å². The molecule has 6 nitrogen and oxygen atoms in total. The number of nitrogens with zero attached hydrogens (tertiary/aromatic N) is 2. The fraction of sp³-hybridized carbons (Fsp3) is 0.150. The fourth-order valence-electron chi connectivity index (χ4n) is 2.26. The number of amides is 1.